The summed E-state index contributed by atoms with van der Waals surface area (Å²) in [5, 5.41) is 22.1. The molecule has 1 aromatic carbocycles. The van der Waals surface area contributed by atoms with Gasteiger partial charge < -0.3 is 9.90 Å². The van der Waals surface area contributed by atoms with Gasteiger partial charge in [-0.05, 0) is 18.9 Å². The lowest BCUT2D eigenvalue weighted by atomic mass is 10.1. The quantitative estimate of drug-likeness (QED) is 0.564. The SMILES string of the molecule is O=C([O-])C1CCCCN1S(=O)(=O)c1ccccc1[N+](=O)[O-]. The van der Waals surface area contributed by atoms with Gasteiger partial charge in [-0.15, -0.1) is 0 Å². The lowest BCUT2D eigenvalue weighted by Crippen LogP contribution is -2.52. The van der Waals surface area contributed by atoms with E-state index in [1.54, 1.807) is 0 Å². The first-order valence-electron chi connectivity index (χ1n) is 6.32. The van der Waals surface area contributed by atoms with Gasteiger partial charge in [-0.3, -0.25) is 10.1 Å². The molecule has 1 atom stereocenters. The Hall–Kier alpha value is -2.00. The molecule has 0 saturated carbocycles. The minimum Gasteiger partial charge on any atom is -0.548 e. The molecule has 114 valence electrons. The lowest BCUT2D eigenvalue weighted by molar-refractivity contribution is -0.387. The van der Waals surface area contributed by atoms with Crippen molar-refractivity contribution in [3.05, 3.63) is 34.4 Å². The molecule has 1 heterocycles. The fourth-order valence-corrected chi connectivity index (χ4v) is 4.19. The number of carboxylic acids is 1. The number of hydrogen-bond acceptors (Lipinski definition) is 6. The topological polar surface area (TPSA) is 121 Å². The van der Waals surface area contributed by atoms with Crippen LogP contribution < -0.4 is 5.11 Å². The second kappa shape index (κ2) is 5.78. The molecule has 1 unspecified atom stereocenters. The minimum absolute atomic E-state index is 0.00697. The number of benzene rings is 1. The highest BCUT2D eigenvalue weighted by atomic mass is 32.2. The van der Waals surface area contributed by atoms with E-state index in [0.29, 0.717) is 12.8 Å². The van der Waals surface area contributed by atoms with Crippen molar-refractivity contribution in [1.82, 2.24) is 4.31 Å². The number of carbonyl (C=O) groups excluding carboxylic acids is 1. The van der Waals surface area contributed by atoms with Crippen LogP contribution in [-0.4, -0.2) is 36.2 Å². The number of rotatable bonds is 4. The summed E-state index contributed by atoms with van der Waals surface area (Å²) in [7, 11) is -4.26. The van der Waals surface area contributed by atoms with Crippen LogP contribution in [0.2, 0.25) is 0 Å². The number of hydrogen-bond donors (Lipinski definition) is 0. The molecule has 21 heavy (non-hydrogen) atoms. The summed E-state index contributed by atoms with van der Waals surface area (Å²) in [5.74, 6) is -1.49. The minimum atomic E-state index is -4.26. The summed E-state index contributed by atoms with van der Waals surface area (Å²) in [5.41, 5.74) is -0.569. The van der Waals surface area contributed by atoms with Crippen molar-refractivity contribution in [1.29, 1.82) is 0 Å². The van der Waals surface area contributed by atoms with Crippen LogP contribution in [0.4, 0.5) is 5.69 Å². The number of nitro benzene ring substituents is 1. The van der Waals surface area contributed by atoms with Gasteiger partial charge in [0.2, 0.25) is 0 Å². The zero-order valence-electron chi connectivity index (χ0n) is 11.0. The van der Waals surface area contributed by atoms with Crippen molar-refractivity contribution < 1.29 is 23.2 Å². The second-order valence-electron chi connectivity index (χ2n) is 4.67. The Bertz CT molecular complexity index is 672. The molecule has 1 fully saturated rings. The number of carbonyl (C=O) groups is 1. The Morgan fingerprint density at radius 1 is 1.29 bits per heavy atom. The molecule has 1 aliphatic heterocycles. The number of piperidine rings is 1. The number of nitro groups is 1. The molecule has 8 nitrogen and oxygen atoms in total. The van der Waals surface area contributed by atoms with Crippen molar-refractivity contribution >= 4 is 21.7 Å². The van der Waals surface area contributed by atoms with Gasteiger partial charge in [0.15, 0.2) is 4.90 Å². The Labute approximate surface area is 121 Å². The van der Waals surface area contributed by atoms with Gasteiger partial charge >= 0.3 is 0 Å². The van der Waals surface area contributed by atoms with E-state index in [-0.39, 0.29) is 13.0 Å². The normalized spacial score (nSPS) is 20.1. The maximum atomic E-state index is 12.6. The molecular weight excluding hydrogens is 300 g/mol. The highest BCUT2D eigenvalue weighted by Gasteiger charge is 2.37. The van der Waals surface area contributed by atoms with Gasteiger partial charge in [0, 0.05) is 12.6 Å². The van der Waals surface area contributed by atoms with E-state index in [0.717, 1.165) is 16.4 Å². The molecule has 0 radical (unpaired) electrons. The van der Waals surface area contributed by atoms with E-state index in [2.05, 4.69) is 0 Å². The number of aliphatic carboxylic acids is 1. The third-order valence-corrected chi connectivity index (χ3v) is 5.33. The van der Waals surface area contributed by atoms with Crippen molar-refractivity contribution in [3.63, 3.8) is 0 Å². The van der Waals surface area contributed by atoms with Crippen LogP contribution in [0.15, 0.2) is 29.2 Å². The molecule has 2 rings (SSSR count). The molecule has 0 bridgehead atoms. The molecule has 1 aromatic rings. The van der Waals surface area contributed by atoms with Gasteiger partial charge in [0.25, 0.3) is 15.7 Å². The van der Waals surface area contributed by atoms with Crippen LogP contribution in [0.1, 0.15) is 19.3 Å². The smallest absolute Gasteiger partial charge is 0.289 e. The van der Waals surface area contributed by atoms with Crippen molar-refractivity contribution in [2.24, 2.45) is 0 Å². The number of nitrogens with zero attached hydrogens (tertiary/aromatic N) is 2. The Kier molecular flexibility index (Phi) is 4.24. The molecule has 1 saturated heterocycles. The first-order valence-corrected chi connectivity index (χ1v) is 7.76. The standard InChI is InChI=1S/C12H14N2O6S/c15-12(16)10-6-3-4-8-13(10)21(19,20)11-7-2-1-5-9(11)14(17)18/h1-2,5,7,10H,3-4,6,8H2,(H,15,16)/p-1. The van der Waals surface area contributed by atoms with E-state index in [1.807, 2.05) is 0 Å². The summed E-state index contributed by atoms with van der Waals surface area (Å²) < 4.78 is 25.9. The molecule has 0 spiro atoms. The van der Waals surface area contributed by atoms with Crippen LogP contribution >= 0.6 is 0 Å². The van der Waals surface area contributed by atoms with Gasteiger partial charge in [-0.2, -0.15) is 4.31 Å². The van der Waals surface area contributed by atoms with Gasteiger partial charge in [-0.1, -0.05) is 18.6 Å². The number of sulfonamides is 1. The highest BCUT2D eigenvalue weighted by Crippen LogP contribution is 2.30. The van der Waals surface area contributed by atoms with Crippen LogP contribution in [0.3, 0.4) is 0 Å². The summed E-state index contributed by atoms with van der Waals surface area (Å²) in [4.78, 5) is 20.8. The van der Waals surface area contributed by atoms with E-state index >= 15 is 0 Å². The van der Waals surface area contributed by atoms with Crippen LogP contribution in [-0.2, 0) is 14.8 Å². The zero-order chi connectivity index (χ0) is 15.6. The van der Waals surface area contributed by atoms with E-state index < -0.39 is 37.5 Å². The number of carboxylic acid groups (broad SMARTS) is 1. The molecular formula is C12H13N2O6S-. The third-order valence-electron chi connectivity index (χ3n) is 3.37. The molecule has 0 amide bonds. The summed E-state index contributed by atoms with van der Waals surface area (Å²) >= 11 is 0. The largest absolute Gasteiger partial charge is 0.548 e. The fourth-order valence-electron chi connectivity index (χ4n) is 2.38. The van der Waals surface area contributed by atoms with Crippen LogP contribution in [0.5, 0.6) is 0 Å². The maximum absolute atomic E-state index is 12.6. The van der Waals surface area contributed by atoms with Gasteiger partial charge in [0.1, 0.15) is 0 Å². The predicted molar refractivity (Wildman–Crippen MR) is 69.6 cm³/mol. The predicted octanol–water partition coefficient (Wildman–Crippen LogP) is -0.112. The Balaban J connectivity index is 2.51. The average Bonchev–Trinajstić information content (AvgIpc) is 2.47. The fraction of sp³-hybridized carbons (Fsp3) is 0.417. The highest BCUT2D eigenvalue weighted by molar-refractivity contribution is 7.89. The van der Waals surface area contributed by atoms with E-state index in [9.17, 15) is 28.4 Å². The molecule has 0 N–H and O–H groups in total. The van der Waals surface area contributed by atoms with Crippen LogP contribution in [0.25, 0.3) is 0 Å². The van der Waals surface area contributed by atoms with Crippen molar-refractivity contribution in [2.75, 3.05) is 6.54 Å². The van der Waals surface area contributed by atoms with Crippen molar-refractivity contribution in [2.45, 2.75) is 30.2 Å². The molecule has 0 aliphatic carbocycles. The second-order valence-corrected chi connectivity index (χ2v) is 6.53. The van der Waals surface area contributed by atoms with Gasteiger partial charge in [0.05, 0.1) is 16.9 Å². The van der Waals surface area contributed by atoms with E-state index in [4.69, 9.17) is 0 Å². The first kappa shape index (κ1) is 15.4. The Morgan fingerprint density at radius 2 is 1.95 bits per heavy atom. The zero-order valence-corrected chi connectivity index (χ0v) is 11.8. The summed E-state index contributed by atoms with van der Waals surface area (Å²) in [6.07, 6.45) is 1.22. The van der Waals surface area contributed by atoms with E-state index in [1.165, 1.54) is 12.1 Å². The Morgan fingerprint density at radius 3 is 2.57 bits per heavy atom. The molecule has 9 heteroatoms. The van der Waals surface area contributed by atoms with Gasteiger partial charge in [-0.25, -0.2) is 8.42 Å². The molecule has 0 aromatic heterocycles. The average molecular weight is 313 g/mol. The molecule has 1 aliphatic rings. The summed E-state index contributed by atoms with van der Waals surface area (Å²) in [6, 6.07) is 3.60. The first-order chi connectivity index (χ1) is 9.85. The monoisotopic (exact) mass is 313 g/mol. The maximum Gasteiger partial charge on any atom is 0.289 e. The number of para-hydroxylation sites is 1. The lowest BCUT2D eigenvalue weighted by Gasteiger charge is -2.34. The van der Waals surface area contributed by atoms with Crippen LogP contribution in [0, 0.1) is 10.1 Å². The summed E-state index contributed by atoms with van der Waals surface area (Å²) in [6.45, 7) is 0.00697. The van der Waals surface area contributed by atoms with Crippen molar-refractivity contribution in [3.8, 4) is 0 Å². The third kappa shape index (κ3) is 2.88.